The Bertz CT molecular complexity index is 397. The molecule has 0 heterocycles. The summed E-state index contributed by atoms with van der Waals surface area (Å²) in [5.41, 5.74) is 4.93. The Morgan fingerprint density at radius 3 is 2.56 bits per heavy atom. The Labute approximate surface area is 94.2 Å². The van der Waals surface area contributed by atoms with Crippen LogP contribution in [-0.4, -0.2) is 23.7 Å². The summed E-state index contributed by atoms with van der Waals surface area (Å²) in [5.74, 6) is 0.0902. The standard InChI is InChI=1S/C11H16N2O3/c1-11(2,12)10(15)13-8-5-4-7(16-3)6-9(8)14/h4-6,14H,12H2,1-3H3,(H,13,15). The minimum atomic E-state index is -0.994. The number of anilines is 1. The minimum Gasteiger partial charge on any atom is -0.506 e. The molecular formula is C11H16N2O3. The number of nitrogens with two attached hydrogens (primary N) is 1. The highest BCUT2D eigenvalue weighted by Crippen LogP contribution is 2.28. The van der Waals surface area contributed by atoms with Gasteiger partial charge in [-0.3, -0.25) is 4.79 Å². The number of hydrogen-bond donors (Lipinski definition) is 3. The number of nitrogens with one attached hydrogen (secondary N) is 1. The Morgan fingerprint density at radius 1 is 1.50 bits per heavy atom. The highest BCUT2D eigenvalue weighted by atomic mass is 16.5. The summed E-state index contributed by atoms with van der Waals surface area (Å²) >= 11 is 0. The number of phenols is 1. The number of carbonyl (C=O) groups excluding carboxylic acids is 1. The molecule has 0 saturated heterocycles. The number of ether oxygens (including phenoxy) is 1. The summed E-state index contributed by atoms with van der Waals surface area (Å²) < 4.78 is 4.92. The first-order valence-electron chi connectivity index (χ1n) is 4.82. The molecule has 4 N–H and O–H groups in total. The van der Waals surface area contributed by atoms with Gasteiger partial charge < -0.3 is 20.9 Å². The fourth-order valence-corrected chi connectivity index (χ4v) is 1.03. The average molecular weight is 224 g/mol. The summed E-state index contributed by atoms with van der Waals surface area (Å²) in [4.78, 5) is 11.6. The maximum atomic E-state index is 11.6. The number of carbonyl (C=O) groups is 1. The van der Waals surface area contributed by atoms with Gasteiger partial charge in [-0.1, -0.05) is 0 Å². The van der Waals surface area contributed by atoms with Gasteiger partial charge in [-0.25, -0.2) is 0 Å². The van der Waals surface area contributed by atoms with E-state index in [0.717, 1.165) is 0 Å². The van der Waals surface area contributed by atoms with E-state index in [0.29, 0.717) is 11.4 Å². The fourth-order valence-electron chi connectivity index (χ4n) is 1.03. The highest BCUT2D eigenvalue weighted by molar-refractivity contribution is 5.98. The van der Waals surface area contributed by atoms with Gasteiger partial charge in [-0.05, 0) is 26.0 Å². The van der Waals surface area contributed by atoms with E-state index in [1.165, 1.54) is 13.2 Å². The van der Waals surface area contributed by atoms with Gasteiger partial charge in [0.15, 0.2) is 0 Å². The zero-order valence-electron chi connectivity index (χ0n) is 9.57. The highest BCUT2D eigenvalue weighted by Gasteiger charge is 2.22. The van der Waals surface area contributed by atoms with Crippen molar-refractivity contribution >= 4 is 11.6 Å². The van der Waals surface area contributed by atoms with Crippen molar-refractivity contribution in [3.8, 4) is 11.5 Å². The SMILES string of the molecule is COc1ccc(NC(=O)C(C)(C)N)c(O)c1. The van der Waals surface area contributed by atoms with Crippen LogP contribution in [0.25, 0.3) is 0 Å². The van der Waals surface area contributed by atoms with Crippen LogP contribution in [0.5, 0.6) is 11.5 Å². The number of rotatable bonds is 3. The minimum absolute atomic E-state index is 0.0584. The monoisotopic (exact) mass is 224 g/mol. The largest absolute Gasteiger partial charge is 0.506 e. The lowest BCUT2D eigenvalue weighted by molar-refractivity contribution is -0.120. The van der Waals surface area contributed by atoms with Gasteiger partial charge in [0.2, 0.25) is 5.91 Å². The zero-order chi connectivity index (χ0) is 12.3. The van der Waals surface area contributed by atoms with Crippen molar-refractivity contribution < 1.29 is 14.6 Å². The van der Waals surface area contributed by atoms with Crippen LogP contribution in [0.15, 0.2) is 18.2 Å². The Hall–Kier alpha value is -1.75. The van der Waals surface area contributed by atoms with Crippen LogP contribution in [0.1, 0.15) is 13.8 Å². The molecule has 1 aromatic carbocycles. The first kappa shape index (κ1) is 12.3. The Kier molecular flexibility index (Phi) is 3.39. The van der Waals surface area contributed by atoms with Crippen molar-refractivity contribution in [1.29, 1.82) is 0 Å². The van der Waals surface area contributed by atoms with E-state index in [9.17, 15) is 9.90 Å². The normalized spacial score (nSPS) is 11.0. The maximum absolute atomic E-state index is 11.6. The molecule has 0 radical (unpaired) electrons. The summed E-state index contributed by atoms with van der Waals surface area (Å²) in [6, 6.07) is 4.61. The van der Waals surface area contributed by atoms with Gasteiger partial charge in [-0.15, -0.1) is 0 Å². The van der Waals surface area contributed by atoms with Gasteiger partial charge >= 0.3 is 0 Å². The van der Waals surface area contributed by atoms with Crippen molar-refractivity contribution in [2.75, 3.05) is 12.4 Å². The molecule has 5 nitrogen and oxygen atoms in total. The first-order chi connectivity index (χ1) is 7.34. The summed E-state index contributed by atoms with van der Waals surface area (Å²) in [6.45, 7) is 3.17. The molecule has 1 rings (SSSR count). The maximum Gasteiger partial charge on any atom is 0.243 e. The van der Waals surface area contributed by atoms with Gasteiger partial charge in [0.05, 0.1) is 18.3 Å². The number of methoxy groups -OCH3 is 1. The predicted molar refractivity (Wildman–Crippen MR) is 61.6 cm³/mol. The van der Waals surface area contributed by atoms with Crippen LogP contribution in [0, 0.1) is 0 Å². The van der Waals surface area contributed by atoms with Crippen molar-refractivity contribution in [2.24, 2.45) is 5.73 Å². The molecule has 0 aliphatic heterocycles. The van der Waals surface area contributed by atoms with Crippen molar-refractivity contribution in [3.05, 3.63) is 18.2 Å². The molecule has 0 aromatic heterocycles. The third-order valence-electron chi connectivity index (χ3n) is 2.04. The lowest BCUT2D eigenvalue weighted by atomic mass is 10.1. The molecule has 0 unspecified atom stereocenters. The lowest BCUT2D eigenvalue weighted by Crippen LogP contribution is -2.45. The van der Waals surface area contributed by atoms with Crippen LogP contribution in [-0.2, 0) is 4.79 Å². The van der Waals surface area contributed by atoms with Gasteiger partial charge in [-0.2, -0.15) is 0 Å². The number of hydrogen-bond acceptors (Lipinski definition) is 4. The smallest absolute Gasteiger partial charge is 0.243 e. The molecule has 16 heavy (non-hydrogen) atoms. The number of benzene rings is 1. The molecule has 88 valence electrons. The van der Waals surface area contributed by atoms with E-state index in [1.54, 1.807) is 26.0 Å². The van der Waals surface area contributed by atoms with Crippen molar-refractivity contribution in [2.45, 2.75) is 19.4 Å². The second-order valence-electron chi connectivity index (χ2n) is 4.06. The molecule has 0 saturated carbocycles. The van der Waals surface area contributed by atoms with E-state index >= 15 is 0 Å². The van der Waals surface area contributed by atoms with Crippen LogP contribution < -0.4 is 15.8 Å². The summed E-state index contributed by atoms with van der Waals surface area (Å²) in [7, 11) is 1.50. The zero-order valence-corrected chi connectivity index (χ0v) is 9.57. The summed E-state index contributed by atoms with van der Waals surface area (Å²) in [6.07, 6.45) is 0. The lowest BCUT2D eigenvalue weighted by Gasteiger charge is -2.18. The second kappa shape index (κ2) is 4.40. The van der Waals surface area contributed by atoms with E-state index in [1.807, 2.05) is 0 Å². The van der Waals surface area contributed by atoms with Crippen molar-refractivity contribution in [1.82, 2.24) is 0 Å². The fraction of sp³-hybridized carbons (Fsp3) is 0.364. The Balaban J connectivity index is 2.87. The second-order valence-corrected chi connectivity index (χ2v) is 4.06. The number of aromatic hydroxyl groups is 1. The van der Waals surface area contributed by atoms with Gasteiger partial charge in [0.1, 0.15) is 11.5 Å². The van der Waals surface area contributed by atoms with Gasteiger partial charge in [0.25, 0.3) is 0 Å². The predicted octanol–water partition coefficient (Wildman–Crippen LogP) is 1.08. The molecule has 0 spiro atoms. The van der Waals surface area contributed by atoms with E-state index in [2.05, 4.69) is 5.32 Å². The van der Waals surface area contributed by atoms with Crippen LogP contribution in [0.4, 0.5) is 5.69 Å². The number of amides is 1. The average Bonchev–Trinajstić information content (AvgIpc) is 2.19. The topological polar surface area (TPSA) is 84.6 Å². The van der Waals surface area contributed by atoms with Crippen LogP contribution >= 0.6 is 0 Å². The van der Waals surface area contributed by atoms with E-state index in [-0.39, 0.29) is 11.7 Å². The Morgan fingerprint density at radius 2 is 2.12 bits per heavy atom. The van der Waals surface area contributed by atoms with Crippen LogP contribution in [0.2, 0.25) is 0 Å². The molecule has 0 atom stereocenters. The first-order valence-corrected chi connectivity index (χ1v) is 4.82. The number of phenolic OH excluding ortho intramolecular Hbond substituents is 1. The molecule has 1 aromatic rings. The van der Waals surface area contributed by atoms with E-state index < -0.39 is 5.54 Å². The van der Waals surface area contributed by atoms with Crippen LogP contribution in [0.3, 0.4) is 0 Å². The molecular weight excluding hydrogens is 208 g/mol. The third-order valence-corrected chi connectivity index (χ3v) is 2.04. The van der Waals surface area contributed by atoms with Gasteiger partial charge in [0, 0.05) is 6.07 Å². The third kappa shape index (κ3) is 2.87. The van der Waals surface area contributed by atoms with Crippen molar-refractivity contribution in [3.63, 3.8) is 0 Å². The summed E-state index contributed by atoms with van der Waals surface area (Å²) in [5, 5.41) is 12.1. The molecule has 0 aliphatic rings. The quantitative estimate of drug-likeness (QED) is 0.671. The van der Waals surface area contributed by atoms with E-state index in [4.69, 9.17) is 10.5 Å². The molecule has 0 aliphatic carbocycles. The molecule has 0 bridgehead atoms. The molecule has 5 heteroatoms. The molecule has 1 amide bonds. The molecule has 0 fully saturated rings.